The molecule has 0 radical (unpaired) electrons. The smallest absolute Gasteiger partial charge is 0.309 e. The maximum atomic E-state index is 11.5. The molecule has 0 N–H and O–H groups in total. The summed E-state index contributed by atoms with van der Waals surface area (Å²) in [4.78, 5) is 22.6. The van der Waals surface area contributed by atoms with Crippen LogP contribution < -0.4 is 4.74 Å². The van der Waals surface area contributed by atoms with E-state index in [9.17, 15) is 9.59 Å². The molecule has 0 saturated carbocycles. The molecule has 0 atom stereocenters. The van der Waals surface area contributed by atoms with Gasteiger partial charge in [0, 0.05) is 12.5 Å². The molecule has 1 aromatic heterocycles. The fourth-order valence-electron chi connectivity index (χ4n) is 1.73. The third kappa shape index (κ3) is 3.95. The van der Waals surface area contributed by atoms with Crippen molar-refractivity contribution in [2.24, 2.45) is 0 Å². The highest BCUT2D eigenvalue weighted by Gasteiger charge is 2.10. The van der Waals surface area contributed by atoms with Crippen molar-refractivity contribution in [3.05, 3.63) is 47.7 Å². The largest absolute Gasteiger partial charge is 0.469 e. The van der Waals surface area contributed by atoms with Crippen molar-refractivity contribution in [2.45, 2.75) is 19.8 Å². The lowest BCUT2D eigenvalue weighted by atomic mass is 10.1. The Morgan fingerprint density at radius 1 is 1.10 bits per heavy atom. The van der Waals surface area contributed by atoms with Crippen molar-refractivity contribution in [1.29, 1.82) is 0 Å². The molecule has 0 aliphatic heterocycles. The van der Waals surface area contributed by atoms with Crippen molar-refractivity contribution in [2.75, 3.05) is 7.11 Å². The fraction of sp³-hybridized carbons (Fsp3) is 0.250. The molecule has 0 aliphatic rings. The summed E-state index contributed by atoms with van der Waals surface area (Å²) in [6.45, 7) is 1.77. The van der Waals surface area contributed by atoms with E-state index in [4.69, 9.17) is 9.15 Å². The van der Waals surface area contributed by atoms with Crippen LogP contribution in [0.25, 0.3) is 0 Å². The monoisotopic (exact) mass is 288 g/mol. The Balaban J connectivity index is 2.01. The topological polar surface area (TPSA) is 65.7 Å². The van der Waals surface area contributed by atoms with Crippen LogP contribution >= 0.6 is 0 Å². The molecule has 0 aliphatic carbocycles. The summed E-state index contributed by atoms with van der Waals surface area (Å²) in [5, 5.41) is 0. The Morgan fingerprint density at radius 3 is 2.43 bits per heavy atom. The molecular weight excluding hydrogens is 272 g/mol. The van der Waals surface area contributed by atoms with Gasteiger partial charge < -0.3 is 13.9 Å². The lowest BCUT2D eigenvalue weighted by molar-refractivity contribution is -0.139. The predicted octanol–water partition coefficient (Wildman–Crippen LogP) is 3.38. The highest BCUT2D eigenvalue weighted by Crippen LogP contribution is 2.24. The minimum Gasteiger partial charge on any atom is -0.469 e. The van der Waals surface area contributed by atoms with Crippen LogP contribution in [0.1, 0.15) is 29.5 Å². The second-order valence-electron chi connectivity index (χ2n) is 4.39. The van der Waals surface area contributed by atoms with E-state index in [1.165, 1.54) is 7.11 Å². The van der Waals surface area contributed by atoms with E-state index in [-0.39, 0.29) is 29.9 Å². The molecule has 110 valence electrons. The molecule has 0 fully saturated rings. The number of esters is 1. The van der Waals surface area contributed by atoms with Gasteiger partial charge in [0.25, 0.3) is 5.95 Å². The molecular formula is C16H16O5. The average Bonchev–Trinajstić information content (AvgIpc) is 2.96. The molecule has 2 aromatic rings. The molecule has 0 saturated heterocycles. The standard InChI is InChI=1S/C16H16O5/c1-3-13(17)14-8-9-16(21-14)20-12-6-4-11(5-7-12)10-15(18)19-2/h4-9H,3,10H2,1-2H3. The number of benzene rings is 1. The number of hydrogen-bond donors (Lipinski definition) is 0. The second kappa shape index (κ2) is 6.74. The summed E-state index contributed by atoms with van der Waals surface area (Å²) < 4.78 is 15.4. The quantitative estimate of drug-likeness (QED) is 0.602. The number of methoxy groups -OCH3 is 1. The van der Waals surface area contributed by atoms with Gasteiger partial charge >= 0.3 is 5.97 Å². The Labute approximate surface area is 122 Å². The van der Waals surface area contributed by atoms with Crippen molar-refractivity contribution in [3.63, 3.8) is 0 Å². The maximum absolute atomic E-state index is 11.5. The average molecular weight is 288 g/mol. The molecule has 5 nitrogen and oxygen atoms in total. The second-order valence-corrected chi connectivity index (χ2v) is 4.39. The lowest BCUT2D eigenvalue weighted by Crippen LogP contribution is -2.04. The van der Waals surface area contributed by atoms with E-state index in [1.54, 1.807) is 43.3 Å². The van der Waals surface area contributed by atoms with E-state index in [1.807, 2.05) is 0 Å². The van der Waals surface area contributed by atoms with Crippen LogP contribution in [-0.4, -0.2) is 18.9 Å². The van der Waals surface area contributed by atoms with Gasteiger partial charge in [-0.05, 0) is 23.8 Å². The third-order valence-corrected chi connectivity index (χ3v) is 2.90. The van der Waals surface area contributed by atoms with Gasteiger partial charge in [0.05, 0.1) is 13.5 Å². The first-order valence-corrected chi connectivity index (χ1v) is 6.59. The van der Waals surface area contributed by atoms with Gasteiger partial charge in [-0.2, -0.15) is 0 Å². The molecule has 1 aromatic carbocycles. The third-order valence-electron chi connectivity index (χ3n) is 2.90. The zero-order valence-electron chi connectivity index (χ0n) is 11.9. The number of rotatable bonds is 6. The van der Waals surface area contributed by atoms with Gasteiger partial charge in [-0.3, -0.25) is 9.59 Å². The van der Waals surface area contributed by atoms with Crippen LogP contribution in [0.2, 0.25) is 0 Å². The minimum atomic E-state index is -0.294. The lowest BCUT2D eigenvalue weighted by Gasteiger charge is -2.04. The van der Waals surface area contributed by atoms with Crippen LogP contribution in [0, 0.1) is 0 Å². The number of carbonyl (C=O) groups is 2. The summed E-state index contributed by atoms with van der Waals surface area (Å²) in [5.41, 5.74) is 0.829. The highest BCUT2D eigenvalue weighted by atomic mass is 16.6. The first-order valence-electron chi connectivity index (χ1n) is 6.59. The number of carbonyl (C=O) groups excluding carboxylic acids is 2. The first-order chi connectivity index (χ1) is 10.1. The zero-order chi connectivity index (χ0) is 15.2. The normalized spacial score (nSPS) is 10.2. The Hall–Kier alpha value is -2.56. The number of Topliss-reactive ketones (excluding diaryl/α,β-unsaturated/α-hetero) is 1. The molecule has 1 heterocycles. The summed E-state index contributed by atoms with van der Waals surface area (Å²) >= 11 is 0. The summed E-state index contributed by atoms with van der Waals surface area (Å²) in [7, 11) is 1.35. The SMILES string of the molecule is CCC(=O)c1ccc(Oc2ccc(CC(=O)OC)cc2)o1. The van der Waals surface area contributed by atoms with E-state index >= 15 is 0 Å². The number of ketones is 1. The molecule has 0 bridgehead atoms. The number of hydrogen-bond acceptors (Lipinski definition) is 5. The van der Waals surface area contributed by atoms with Gasteiger partial charge in [-0.15, -0.1) is 0 Å². The van der Waals surface area contributed by atoms with Crippen LogP contribution in [0.5, 0.6) is 11.7 Å². The van der Waals surface area contributed by atoms with Gasteiger partial charge in [-0.1, -0.05) is 19.1 Å². The van der Waals surface area contributed by atoms with Crippen molar-refractivity contribution < 1.29 is 23.5 Å². The van der Waals surface area contributed by atoms with Crippen LogP contribution in [0.15, 0.2) is 40.8 Å². The number of ether oxygens (including phenoxy) is 2. The molecule has 21 heavy (non-hydrogen) atoms. The highest BCUT2D eigenvalue weighted by molar-refractivity contribution is 5.93. The van der Waals surface area contributed by atoms with Gasteiger partial charge in [0.2, 0.25) is 0 Å². The van der Waals surface area contributed by atoms with Crippen molar-refractivity contribution in [1.82, 2.24) is 0 Å². The molecule has 0 amide bonds. The van der Waals surface area contributed by atoms with E-state index in [0.717, 1.165) is 5.56 Å². The Bertz CT molecular complexity index is 624. The molecule has 0 spiro atoms. The van der Waals surface area contributed by atoms with Crippen LogP contribution in [0.4, 0.5) is 0 Å². The van der Waals surface area contributed by atoms with E-state index in [0.29, 0.717) is 12.2 Å². The predicted molar refractivity (Wildman–Crippen MR) is 75.6 cm³/mol. The van der Waals surface area contributed by atoms with Crippen LogP contribution in [-0.2, 0) is 16.0 Å². The van der Waals surface area contributed by atoms with Crippen LogP contribution in [0.3, 0.4) is 0 Å². The Kier molecular flexibility index (Phi) is 4.77. The first kappa shape index (κ1) is 14.8. The van der Waals surface area contributed by atoms with E-state index < -0.39 is 0 Å². The molecule has 5 heteroatoms. The number of furan rings is 1. The van der Waals surface area contributed by atoms with E-state index in [2.05, 4.69) is 4.74 Å². The molecule has 2 rings (SSSR count). The zero-order valence-corrected chi connectivity index (χ0v) is 11.9. The summed E-state index contributed by atoms with van der Waals surface area (Å²) in [6.07, 6.45) is 0.599. The van der Waals surface area contributed by atoms with Crippen molar-refractivity contribution in [3.8, 4) is 11.7 Å². The van der Waals surface area contributed by atoms with Gasteiger partial charge in [0.15, 0.2) is 11.5 Å². The molecule has 0 unspecified atom stereocenters. The fourth-order valence-corrected chi connectivity index (χ4v) is 1.73. The summed E-state index contributed by atoms with van der Waals surface area (Å²) in [5.74, 6) is 0.742. The summed E-state index contributed by atoms with van der Waals surface area (Å²) in [6, 6.07) is 10.2. The Morgan fingerprint density at radius 2 is 1.81 bits per heavy atom. The minimum absolute atomic E-state index is 0.0710. The van der Waals surface area contributed by atoms with Gasteiger partial charge in [-0.25, -0.2) is 0 Å². The van der Waals surface area contributed by atoms with Gasteiger partial charge in [0.1, 0.15) is 5.75 Å². The van der Waals surface area contributed by atoms with Crippen molar-refractivity contribution >= 4 is 11.8 Å². The maximum Gasteiger partial charge on any atom is 0.309 e.